The van der Waals surface area contributed by atoms with Gasteiger partial charge < -0.3 is 0 Å². The Morgan fingerprint density at radius 1 is 0.842 bits per heavy atom. The van der Waals surface area contributed by atoms with Crippen LogP contribution >= 0.6 is 0 Å². The van der Waals surface area contributed by atoms with Gasteiger partial charge in [-0.2, -0.15) is 0 Å². The molecule has 3 rings (SSSR count). The topological polar surface area (TPSA) is 17.1 Å². The molecule has 0 aromatic heterocycles. The molecule has 2 atom stereocenters. The molecule has 1 saturated carbocycles. The van der Waals surface area contributed by atoms with Crippen LogP contribution in [-0.4, -0.2) is 5.78 Å². The van der Waals surface area contributed by atoms with Crippen LogP contribution in [0.2, 0.25) is 0 Å². The van der Waals surface area contributed by atoms with Crippen molar-refractivity contribution in [2.75, 3.05) is 0 Å². The van der Waals surface area contributed by atoms with Crippen molar-refractivity contribution in [3.8, 4) is 0 Å². The molecule has 0 amide bonds. The summed E-state index contributed by atoms with van der Waals surface area (Å²) in [4.78, 5) is 12.2. The van der Waals surface area contributed by atoms with E-state index in [1.807, 2.05) is 18.2 Å². The molecule has 0 radical (unpaired) electrons. The third-order valence-electron chi connectivity index (χ3n) is 4.04. The van der Waals surface area contributed by atoms with E-state index in [4.69, 9.17) is 0 Å². The molecule has 2 aromatic carbocycles. The van der Waals surface area contributed by atoms with Crippen molar-refractivity contribution in [1.82, 2.24) is 0 Å². The van der Waals surface area contributed by atoms with Crippen LogP contribution in [0, 0.1) is 20.8 Å². The number of hydrogen-bond donors (Lipinski definition) is 0. The second kappa shape index (κ2) is 4.34. The predicted molar refractivity (Wildman–Crippen MR) is 77.6 cm³/mol. The summed E-state index contributed by atoms with van der Waals surface area (Å²) in [7, 11) is 0. The average molecular weight is 250 g/mol. The maximum absolute atomic E-state index is 12.2. The number of carbonyl (C=O) groups excluding carboxylic acids is 1. The smallest absolute Gasteiger partial charge is 0.149 e. The summed E-state index contributed by atoms with van der Waals surface area (Å²) in [5.41, 5.74) is 6.15. The Morgan fingerprint density at radius 3 is 2.00 bits per heavy atom. The molecule has 96 valence electrons. The first-order valence-corrected chi connectivity index (χ1v) is 6.76. The van der Waals surface area contributed by atoms with Gasteiger partial charge >= 0.3 is 0 Å². The Hall–Kier alpha value is -1.89. The number of Topliss-reactive ketones (excluding diaryl/α,β-unsaturated/α-hetero) is 1. The average Bonchev–Trinajstić information content (AvgIpc) is 3.00. The lowest BCUT2D eigenvalue weighted by atomic mass is 9.94. The number of ketones is 1. The monoisotopic (exact) mass is 250 g/mol. The lowest BCUT2D eigenvalue weighted by Gasteiger charge is -2.10. The van der Waals surface area contributed by atoms with Crippen LogP contribution in [0.15, 0.2) is 42.5 Å². The summed E-state index contributed by atoms with van der Waals surface area (Å²) >= 11 is 0. The Kier molecular flexibility index (Phi) is 2.78. The van der Waals surface area contributed by atoms with Crippen molar-refractivity contribution in [2.45, 2.75) is 32.6 Å². The van der Waals surface area contributed by atoms with Gasteiger partial charge in [0.1, 0.15) is 5.78 Å². The van der Waals surface area contributed by atoms with Crippen LogP contribution in [0.25, 0.3) is 0 Å². The zero-order valence-corrected chi connectivity index (χ0v) is 11.6. The molecule has 0 saturated heterocycles. The molecule has 0 bridgehead atoms. The fourth-order valence-corrected chi connectivity index (χ4v) is 3.25. The van der Waals surface area contributed by atoms with Gasteiger partial charge in [0, 0.05) is 0 Å². The minimum Gasteiger partial charge on any atom is -0.298 e. The lowest BCUT2D eigenvalue weighted by Crippen LogP contribution is -1.95. The van der Waals surface area contributed by atoms with E-state index < -0.39 is 0 Å². The van der Waals surface area contributed by atoms with Crippen molar-refractivity contribution in [3.05, 3.63) is 70.3 Å². The van der Waals surface area contributed by atoms with Crippen molar-refractivity contribution >= 4 is 5.78 Å². The Labute approximate surface area is 114 Å². The zero-order valence-electron chi connectivity index (χ0n) is 11.6. The largest absolute Gasteiger partial charge is 0.298 e. The number of rotatable bonds is 2. The summed E-state index contributed by atoms with van der Waals surface area (Å²) in [6, 6.07) is 14.5. The fourth-order valence-electron chi connectivity index (χ4n) is 3.25. The van der Waals surface area contributed by atoms with Crippen LogP contribution < -0.4 is 0 Å². The molecule has 2 aromatic rings. The van der Waals surface area contributed by atoms with E-state index in [9.17, 15) is 4.79 Å². The lowest BCUT2D eigenvalue weighted by molar-refractivity contribution is -0.110. The van der Waals surface area contributed by atoms with E-state index >= 15 is 0 Å². The normalized spacial score (nSPS) is 21.5. The van der Waals surface area contributed by atoms with Crippen LogP contribution in [0.5, 0.6) is 0 Å². The third kappa shape index (κ3) is 1.99. The highest BCUT2D eigenvalue weighted by molar-refractivity contribution is 6.09. The second-order valence-corrected chi connectivity index (χ2v) is 5.58. The summed E-state index contributed by atoms with van der Waals surface area (Å²) in [6.45, 7) is 6.33. The molecule has 1 heteroatoms. The molecule has 0 heterocycles. The molecule has 1 nitrogen and oxygen atoms in total. The third-order valence-corrected chi connectivity index (χ3v) is 4.04. The van der Waals surface area contributed by atoms with E-state index in [1.165, 1.54) is 22.3 Å². The number of hydrogen-bond acceptors (Lipinski definition) is 1. The van der Waals surface area contributed by atoms with Gasteiger partial charge in [-0.1, -0.05) is 48.0 Å². The molecule has 1 aliphatic carbocycles. The van der Waals surface area contributed by atoms with Crippen molar-refractivity contribution < 1.29 is 4.79 Å². The summed E-state index contributed by atoms with van der Waals surface area (Å²) in [6.07, 6.45) is 0. The van der Waals surface area contributed by atoms with Gasteiger partial charge in [0.05, 0.1) is 11.8 Å². The molecule has 2 unspecified atom stereocenters. The Balaban J connectivity index is 2.00. The van der Waals surface area contributed by atoms with E-state index in [0.29, 0.717) is 5.78 Å². The molecule has 19 heavy (non-hydrogen) atoms. The summed E-state index contributed by atoms with van der Waals surface area (Å²) < 4.78 is 0. The van der Waals surface area contributed by atoms with E-state index in [2.05, 4.69) is 45.0 Å². The summed E-state index contributed by atoms with van der Waals surface area (Å²) in [5.74, 6) is 0.505. The molecular formula is C18H18O. The van der Waals surface area contributed by atoms with Gasteiger partial charge in [-0.05, 0) is 43.0 Å². The molecule has 0 spiro atoms. The first-order chi connectivity index (χ1) is 9.09. The highest BCUT2D eigenvalue weighted by Crippen LogP contribution is 2.52. The second-order valence-electron chi connectivity index (χ2n) is 5.58. The van der Waals surface area contributed by atoms with Crippen molar-refractivity contribution in [3.63, 3.8) is 0 Å². The van der Waals surface area contributed by atoms with Gasteiger partial charge in [0.25, 0.3) is 0 Å². The number of benzene rings is 2. The van der Waals surface area contributed by atoms with Crippen LogP contribution in [0.4, 0.5) is 0 Å². The van der Waals surface area contributed by atoms with Gasteiger partial charge in [0.2, 0.25) is 0 Å². The van der Waals surface area contributed by atoms with E-state index in [0.717, 1.165) is 5.56 Å². The molecule has 0 N–H and O–H groups in total. The predicted octanol–water partition coefficient (Wildman–Crippen LogP) is 4.06. The van der Waals surface area contributed by atoms with E-state index in [-0.39, 0.29) is 11.8 Å². The minimum atomic E-state index is 0.0707. The van der Waals surface area contributed by atoms with E-state index in [1.54, 1.807) is 0 Å². The molecular weight excluding hydrogens is 232 g/mol. The van der Waals surface area contributed by atoms with Crippen LogP contribution in [-0.2, 0) is 4.79 Å². The first-order valence-electron chi connectivity index (χ1n) is 6.76. The standard InChI is InChI=1S/C18H18O/c1-11-9-12(2)15(13(3)10-11)17-16(18(17)19)14-7-5-4-6-8-14/h4-10,16-17H,1-3H3. The SMILES string of the molecule is Cc1cc(C)c(C2C(=O)C2c2ccccc2)c(C)c1. The Morgan fingerprint density at radius 2 is 1.42 bits per heavy atom. The van der Waals surface area contributed by atoms with Crippen molar-refractivity contribution in [2.24, 2.45) is 0 Å². The minimum absolute atomic E-state index is 0.0707. The first kappa shape index (κ1) is 12.2. The van der Waals surface area contributed by atoms with Gasteiger partial charge in [0.15, 0.2) is 0 Å². The van der Waals surface area contributed by atoms with Crippen LogP contribution in [0.3, 0.4) is 0 Å². The fraction of sp³-hybridized carbons (Fsp3) is 0.278. The zero-order chi connectivity index (χ0) is 13.6. The molecule has 1 fully saturated rings. The summed E-state index contributed by atoms with van der Waals surface area (Å²) in [5, 5.41) is 0. The van der Waals surface area contributed by atoms with Gasteiger partial charge in [-0.25, -0.2) is 0 Å². The van der Waals surface area contributed by atoms with Gasteiger partial charge in [-0.3, -0.25) is 4.79 Å². The highest BCUT2D eigenvalue weighted by atomic mass is 16.1. The number of carbonyl (C=O) groups is 1. The van der Waals surface area contributed by atoms with Crippen molar-refractivity contribution in [1.29, 1.82) is 0 Å². The number of aryl methyl sites for hydroxylation is 3. The molecule has 1 aliphatic rings. The quantitative estimate of drug-likeness (QED) is 0.785. The molecule has 0 aliphatic heterocycles. The van der Waals surface area contributed by atoms with Gasteiger partial charge in [-0.15, -0.1) is 0 Å². The van der Waals surface area contributed by atoms with Crippen LogP contribution in [0.1, 0.15) is 39.7 Å². The maximum atomic E-state index is 12.2. The Bertz CT molecular complexity index is 617. The maximum Gasteiger partial charge on any atom is 0.149 e. The highest BCUT2D eigenvalue weighted by Gasteiger charge is 2.51.